The molecule has 84 valence electrons. The van der Waals surface area contributed by atoms with Crippen LogP contribution in [0.2, 0.25) is 0 Å². The summed E-state index contributed by atoms with van der Waals surface area (Å²) in [6, 6.07) is 7.17. The molecule has 0 saturated heterocycles. The largest absolute Gasteiger partial charge is 0.275 e. The second-order valence-electron chi connectivity index (χ2n) is 3.42. The first-order valence-electron chi connectivity index (χ1n) is 4.65. The molecule has 1 aromatic heterocycles. The summed E-state index contributed by atoms with van der Waals surface area (Å²) in [7, 11) is 1.63. The van der Waals surface area contributed by atoms with Crippen LogP contribution in [0.3, 0.4) is 0 Å². The van der Waals surface area contributed by atoms with Gasteiger partial charge in [0.05, 0.1) is 5.56 Å². The standard InChI is InChI=1S/C11H9BrF2N2/c1-16-6-9(11(13)14)10(15-16)7-3-2-4-8(12)5-7/h2-6,11H,1H3. The van der Waals surface area contributed by atoms with Crippen LogP contribution >= 0.6 is 15.9 Å². The number of hydrogen-bond acceptors (Lipinski definition) is 1. The maximum Gasteiger partial charge on any atom is 0.267 e. The Labute approximate surface area is 100 Å². The third-order valence-electron chi connectivity index (χ3n) is 2.19. The van der Waals surface area contributed by atoms with Gasteiger partial charge in [-0.15, -0.1) is 0 Å². The number of rotatable bonds is 2. The van der Waals surface area contributed by atoms with Gasteiger partial charge in [0.25, 0.3) is 6.43 Å². The summed E-state index contributed by atoms with van der Waals surface area (Å²) in [5.41, 5.74) is 0.977. The summed E-state index contributed by atoms with van der Waals surface area (Å²) >= 11 is 3.31. The van der Waals surface area contributed by atoms with E-state index in [2.05, 4.69) is 21.0 Å². The second kappa shape index (κ2) is 4.33. The van der Waals surface area contributed by atoms with Crippen molar-refractivity contribution in [3.05, 3.63) is 40.5 Å². The Bertz CT molecular complexity index is 508. The Hall–Kier alpha value is -1.23. The lowest BCUT2D eigenvalue weighted by Crippen LogP contribution is -1.88. The van der Waals surface area contributed by atoms with E-state index in [4.69, 9.17) is 0 Å². The van der Waals surface area contributed by atoms with Crippen LogP contribution < -0.4 is 0 Å². The van der Waals surface area contributed by atoms with E-state index < -0.39 is 6.43 Å². The van der Waals surface area contributed by atoms with Crippen LogP contribution in [0, 0.1) is 0 Å². The van der Waals surface area contributed by atoms with Gasteiger partial charge < -0.3 is 0 Å². The number of aryl methyl sites for hydroxylation is 1. The predicted molar refractivity (Wildman–Crippen MR) is 61.3 cm³/mol. The molecule has 16 heavy (non-hydrogen) atoms. The second-order valence-corrected chi connectivity index (χ2v) is 4.33. The minimum absolute atomic E-state index is 0.0411. The number of aromatic nitrogens is 2. The van der Waals surface area contributed by atoms with Crippen LogP contribution in [0.15, 0.2) is 34.9 Å². The molecule has 0 aliphatic rings. The van der Waals surface area contributed by atoms with Gasteiger partial charge in [0, 0.05) is 23.3 Å². The molecule has 0 saturated carbocycles. The molecule has 0 amide bonds. The molecular weight excluding hydrogens is 278 g/mol. The van der Waals surface area contributed by atoms with Crippen LogP contribution in [-0.4, -0.2) is 9.78 Å². The highest BCUT2D eigenvalue weighted by Gasteiger charge is 2.18. The van der Waals surface area contributed by atoms with Crippen molar-refractivity contribution in [2.24, 2.45) is 7.05 Å². The van der Waals surface area contributed by atoms with Crippen molar-refractivity contribution in [3.8, 4) is 11.3 Å². The molecule has 0 radical (unpaired) electrons. The van der Waals surface area contributed by atoms with Gasteiger partial charge in [0.15, 0.2) is 0 Å². The van der Waals surface area contributed by atoms with E-state index in [1.165, 1.54) is 10.9 Å². The molecular formula is C11H9BrF2N2. The fourth-order valence-corrected chi connectivity index (χ4v) is 1.93. The predicted octanol–water partition coefficient (Wildman–Crippen LogP) is 3.79. The highest BCUT2D eigenvalue weighted by Crippen LogP contribution is 2.30. The lowest BCUT2D eigenvalue weighted by molar-refractivity contribution is 0.152. The van der Waals surface area contributed by atoms with E-state index in [-0.39, 0.29) is 5.56 Å². The molecule has 0 N–H and O–H groups in total. The summed E-state index contributed by atoms with van der Waals surface area (Å²) in [6.07, 6.45) is -1.16. The van der Waals surface area contributed by atoms with E-state index in [1.807, 2.05) is 6.07 Å². The number of nitrogens with zero attached hydrogens (tertiary/aromatic N) is 2. The molecule has 2 nitrogen and oxygen atoms in total. The number of benzene rings is 1. The number of hydrogen-bond donors (Lipinski definition) is 0. The molecule has 0 fully saturated rings. The van der Waals surface area contributed by atoms with E-state index >= 15 is 0 Å². The summed E-state index contributed by atoms with van der Waals surface area (Å²) in [6.45, 7) is 0. The zero-order chi connectivity index (χ0) is 11.7. The third kappa shape index (κ3) is 2.14. The highest BCUT2D eigenvalue weighted by atomic mass is 79.9. The van der Waals surface area contributed by atoms with Gasteiger partial charge in [-0.1, -0.05) is 28.1 Å². The maximum absolute atomic E-state index is 12.8. The molecule has 2 rings (SSSR count). The molecule has 0 bridgehead atoms. The normalized spacial score (nSPS) is 11.1. The van der Waals surface area contributed by atoms with Crippen molar-refractivity contribution in [3.63, 3.8) is 0 Å². The molecule has 0 unspecified atom stereocenters. The van der Waals surface area contributed by atoms with Gasteiger partial charge in [0.2, 0.25) is 0 Å². The van der Waals surface area contributed by atoms with Crippen LogP contribution in [0.25, 0.3) is 11.3 Å². The molecule has 0 aliphatic heterocycles. The third-order valence-corrected chi connectivity index (χ3v) is 2.68. The lowest BCUT2D eigenvalue weighted by Gasteiger charge is -2.01. The van der Waals surface area contributed by atoms with E-state index in [0.717, 1.165) is 4.47 Å². The van der Waals surface area contributed by atoms with Crippen LogP contribution in [0.1, 0.15) is 12.0 Å². The van der Waals surface area contributed by atoms with Crippen LogP contribution in [-0.2, 0) is 7.05 Å². The van der Waals surface area contributed by atoms with Gasteiger partial charge in [-0.3, -0.25) is 4.68 Å². The fraction of sp³-hybridized carbons (Fsp3) is 0.182. The average Bonchev–Trinajstić information content (AvgIpc) is 2.60. The van der Waals surface area contributed by atoms with Gasteiger partial charge in [-0.2, -0.15) is 5.10 Å². The van der Waals surface area contributed by atoms with Gasteiger partial charge in [-0.25, -0.2) is 8.78 Å². The summed E-state index contributed by atoms with van der Waals surface area (Å²) in [5, 5.41) is 4.06. The average molecular weight is 287 g/mol. The van der Waals surface area contributed by atoms with Gasteiger partial charge in [0.1, 0.15) is 5.69 Å². The van der Waals surface area contributed by atoms with Crippen molar-refractivity contribution < 1.29 is 8.78 Å². The Kier molecular flexibility index (Phi) is 3.05. The minimum Gasteiger partial charge on any atom is -0.275 e. The molecule has 1 aromatic carbocycles. The zero-order valence-corrected chi connectivity index (χ0v) is 10.1. The van der Waals surface area contributed by atoms with Crippen molar-refractivity contribution in [1.82, 2.24) is 9.78 Å². The van der Waals surface area contributed by atoms with E-state index in [0.29, 0.717) is 11.3 Å². The van der Waals surface area contributed by atoms with E-state index in [9.17, 15) is 8.78 Å². The molecule has 5 heteroatoms. The maximum atomic E-state index is 12.8. The summed E-state index contributed by atoms with van der Waals surface area (Å²) in [4.78, 5) is 0. The van der Waals surface area contributed by atoms with Crippen LogP contribution in [0.5, 0.6) is 0 Å². The Morgan fingerprint density at radius 2 is 2.12 bits per heavy atom. The van der Waals surface area contributed by atoms with Crippen molar-refractivity contribution in [2.75, 3.05) is 0 Å². The van der Waals surface area contributed by atoms with Gasteiger partial charge in [-0.05, 0) is 12.1 Å². The monoisotopic (exact) mass is 286 g/mol. The molecule has 2 aromatic rings. The molecule has 1 heterocycles. The lowest BCUT2D eigenvalue weighted by atomic mass is 10.1. The Balaban J connectivity index is 2.55. The molecule has 0 spiro atoms. The van der Waals surface area contributed by atoms with Crippen LogP contribution in [0.4, 0.5) is 8.78 Å². The Morgan fingerprint density at radius 3 is 2.75 bits per heavy atom. The van der Waals surface area contributed by atoms with Crippen molar-refractivity contribution in [2.45, 2.75) is 6.43 Å². The van der Waals surface area contributed by atoms with E-state index in [1.54, 1.807) is 25.2 Å². The van der Waals surface area contributed by atoms with Crippen molar-refractivity contribution >= 4 is 15.9 Å². The number of alkyl halides is 2. The first-order valence-corrected chi connectivity index (χ1v) is 5.45. The fourth-order valence-electron chi connectivity index (χ4n) is 1.53. The number of halogens is 3. The molecule has 0 aliphatic carbocycles. The SMILES string of the molecule is Cn1cc(C(F)F)c(-c2cccc(Br)c2)n1. The summed E-state index contributed by atoms with van der Waals surface area (Å²) < 4.78 is 27.8. The topological polar surface area (TPSA) is 17.8 Å². The summed E-state index contributed by atoms with van der Waals surface area (Å²) in [5.74, 6) is 0. The first-order chi connectivity index (χ1) is 7.58. The minimum atomic E-state index is -2.51. The van der Waals surface area contributed by atoms with Gasteiger partial charge >= 0.3 is 0 Å². The van der Waals surface area contributed by atoms with Crippen molar-refractivity contribution in [1.29, 1.82) is 0 Å². The molecule has 0 atom stereocenters. The quantitative estimate of drug-likeness (QED) is 0.821. The Morgan fingerprint density at radius 1 is 1.38 bits per heavy atom. The smallest absolute Gasteiger partial charge is 0.267 e. The highest BCUT2D eigenvalue weighted by molar-refractivity contribution is 9.10. The zero-order valence-electron chi connectivity index (χ0n) is 8.49. The first kappa shape index (κ1) is 11.3.